The van der Waals surface area contributed by atoms with Crippen LogP contribution in [0.4, 0.5) is 0 Å². The molecule has 236 valence electrons. The van der Waals surface area contributed by atoms with Crippen molar-refractivity contribution in [3.8, 4) is 22.4 Å². The number of carbonyl (C=O) groups is 1. The number of amides is 1. The van der Waals surface area contributed by atoms with Crippen molar-refractivity contribution in [1.82, 2.24) is 29.1 Å². The molecule has 9 nitrogen and oxygen atoms in total. The molecule has 2 aromatic heterocycles. The van der Waals surface area contributed by atoms with Gasteiger partial charge in [0.15, 0.2) is 5.65 Å². The van der Waals surface area contributed by atoms with E-state index in [2.05, 4.69) is 36.3 Å². The first kappa shape index (κ1) is 30.3. The van der Waals surface area contributed by atoms with Crippen molar-refractivity contribution < 1.29 is 13.2 Å². The largest absolute Gasteiger partial charge is 0.337 e. The Hall–Kier alpha value is -4.38. The molecule has 7 rings (SSSR count). The van der Waals surface area contributed by atoms with Crippen LogP contribution in [0.5, 0.6) is 0 Å². The van der Waals surface area contributed by atoms with Crippen LogP contribution in [0.2, 0.25) is 0 Å². The van der Waals surface area contributed by atoms with Gasteiger partial charge in [-0.2, -0.15) is 0 Å². The van der Waals surface area contributed by atoms with Gasteiger partial charge in [0, 0.05) is 55.1 Å². The monoisotopic (exact) mass is 634 g/mol. The molecule has 1 atom stereocenters. The van der Waals surface area contributed by atoms with Gasteiger partial charge in [0.2, 0.25) is 0 Å². The molecule has 5 aromatic rings. The molecule has 0 aliphatic carbocycles. The molecule has 46 heavy (non-hydrogen) atoms. The topological polar surface area (TPSA) is 100 Å². The first-order valence-corrected chi connectivity index (χ1v) is 17.1. The maximum Gasteiger partial charge on any atom is 0.269 e. The fourth-order valence-corrected chi connectivity index (χ4v) is 8.00. The number of hydrogen-bond acceptors (Lipinski definition) is 7. The number of aromatic nitrogens is 3. The lowest BCUT2D eigenvalue weighted by Crippen LogP contribution is -2.33. The van der Waals surface area contributed by atoms with Gasteiger partial charge in [0.1, 0.15) is 5.52 Å². The number of likely N-dealkylation sites (N-methyl/N-ethyl adjacent to an activating group) is 2. The molecular formula is C36H38N6O3S. The van der Waals surface area contributed by atoms with E-state index in [1.807, 2.05) is 43.1 Å². The number of nitrogens with zero attached hydrogens (tertiary/aromatic N) is 5. The van der Waals surface area contributed by atoms with Gasteiger partial charge in [-0.3, -0.25) is 4.79 Å². The number of aryl methyl sites for hydroxylation is 2. The van der Waals surface area contributed by atoms with Crippen LogP contribution < -0.4 is 5.32 Å². The van der Waals surface area contributed by atoms with Crippen LogP contribution in [-0.2, 0) is 23.0 Å². The van der Waals surface area contributed by atoms with E-state index < -0.39 is 10.0 Å². The minimum Gasteiger partial charge on any atom is -0.337 e. The Morgan fingerprint density at radius 1 is 0.978 bits per heavy atom. The highest BCUT2D eigenvalue weighted by atomic mass is 32.2. The van der Waals surface area contributed by atoms with E-state index in [0.29, 0.717) is 41.5 Å². The van der Waals surface area contributed by atoms with E-state index in [0.717, 1.165) is 42.6 Å². The van der Waals surface area contributed by atoms with E-state index in [4.69, 9.17) is 9.97 Å². The first-order valence-electron chi connectivity index (χ1n) is 15.7. The van der Waals surface area contributed by atoms with Gasteiger partial charge in [-0.25, -0.2) is 22.4 Å². The molecule has 2 aliphatic rings. The molecule has 1 N–H and O–H groups in total. The number of hydrogen-bond donors (Lipinski definition) is 1. The van der Waals surface area contributed by atoms with Crippen molar-refractivity contribution in [2.45, 2.75) is 44.2 Å². The zero-order chi connectivity index (χ0) is 32.2. The van der Waals surface area contributed by atoms with Gasteiger partial charge in [-0.1, -0.05) is 29.8 Å². The molecule has 0 unspecified atom stereocenters. The summed E-state index contributed by atoms with van der Waals surface area (Å²) in [6.07, 6.45) is 5.21. The Bertz CT molecular complexity index is 2070. The second kappa shape index (κ2) is 11.8. The van der Waals surface area contributed by atoms with Gasteiger partial charge in [0.25, 0.3) is 15.9 Å². The van der Waals surface area contributed by atoms with E-state index >= 15 is 0 Å². The van der Waals surface area contributed by atoms with Crippen LogP contribution in [0.15, 0.2) is 78.0 Å². The quantitative estimate of drug-likeness (QED) is 0.279. The zero-order valence-corrected chi connectivity index (χ0v) is 27.4. The Labute approximate surface area is 270 Å². The van der Waals surface area contributed by atoms with Crippen molar-refractivity contribution in [3.05, 3.63) is 101 Å². The van der Waals surface area contributed by atoms with Crippen LogP contribution in [0.1, 0.15) is 39.0 Å². The van der Waals surface area contributed by atoms with Crippen molar-refractivity contribution in [1.29, 1.82) is 0 Å². The molecule has 3 aromatic carbocycles. The maximum absolute atomic E-state index is 14.0. The smallest absolute Gasteiger partial charge is 0.269 e. The number of fused-ring (bicyclic) bond motifs is 2. The van der Waals surface area contributed by atoms with Gasteiger partial charge in [-0.15, -0.1) is 0 Å². The number of rotatable bonds is 6. The van der Waals surface area contributed by atoms with Gasteiger partial charge < -0.3 is 15.1 Å². The molecule has 0 bridgehead atoms. The minimum absolute atomic E-state index is 0.0100. The summed E-state index contributed by atoms with van der Waals surface area (Å²) >= 11 is 0. The number of carbonyl (C=O) groups excluding carboxylic acids is 1. The summed E-state index contributed by atoms with van der Waals surface area (Å²) in [5, 5.41) is 3.25. The molecule has 2 aliphatic heterocycles. The standard InChI is InChI=1S/C36H38N6O3S/c1-23-5-11-30(12-6-23)46(44,45)42-22-32(25-7-9-26(10-8-25)36(43)41-16-13-29(21-41)37-3)34-35(42)38-19-33(39-34)27-17-24(2)31-14-15-40(4)20-28(31)18-27/h5-12,17-19,22,29,37H,13-16,20-21H2,1-4H3/t29-/m0/s1. The van der Waals surface area contributed by atoms with E-state index in [1.54, 1.807) is 36.7 Å². The molecular weight excluding hydrogens is 597 g/mol. The molecule has 1 saturated heterocycles. The highest BCUT2D eigenvalue weighted by Gasteiger charge is 2.27. The highest BCUT2D eigenvalue weighted by molar-refractivity contribution is 7.90. The Morgan fingerprint density at radius 3 is 2.46 bits per heavy atom. The van der Waals surface area contributed by atoms with Crippen molar-refractivity contribution >= 4 is 27.1 Å². The summed E-state index contributed by atoms with van der Waals surface area (Å²) in [4.78, 5) is 27.4. The predicted octanol–water partition coefficient (Wildman–Crippen LogP) is 5.04. The predicted molar refractivity (Wildman–Crippen MR) is 180 cm³/mol. The Morgan fingerprint density at radius 2 is 1.74 bits per heavy atom. The summed E-state index contributed by atoms with van der Waals surface area (Å²) in [7, 11) is 0.0771. The van der Waals surface area contributed by atoms with Crippen molar-refractivity contribution in [3.63, 3.8) is 0 Å². The number of nitrogens with one attached hydrogen (secondary N) is 1. The lowest BCUT2D eigenvalue weighted by atomic mass is 9.92. The average Bonchev–Trinajstić information content (AvgIpc) is 3.70. The molecule has 0 saturated carbocycles. The SMILES string of the molecule is CN[C@H]1CCN(C(=O)c2ccc(-c3cn(S(=O)(=O)c4ccc(C)cc4)c4ncc(-c5cc(C)c6c(c5)CN(C)CC6)nc34)cc2)C1. The van der Waals surface area contributed by atoms with Crippen molar-refractivity contribution in [2.24, 2.45) is 0 Å². The lowest BCUT2D eigenvalue weighted by Gasteiger charge is -2.27. The molecule has 1 amide bonds. The van der Waals surface area contributed by atoms with Gasteiger partial charge in [0.05, 0.1) is 16.8 Å². The van der Waals surface area contributed by atoms with Crippen LogP contribution in [-0.4, -0.2) is 77.8 Å². The highest BCUT2D eigenvalue weighted by Crippen LogP contribution is 2.34. The minimum atomic E-state index is -3.97. The van der Waals surface area contributed by atoms with Gasteiger partial charge in [-0.05, 0) is 99.4 Å². The normalized spacial score (nSPS) is 17.0. The Balaban J connectivity index is 1.34. The van der Waals surface area contributed by atoms with E-state index in [9.17, 15) is 13.2 Å². The van der Waals surface area contributed by atoms with E-state index in [-0.39, 0.29) is 16.4 Å². The Kier molecular flexibility index (Phi) is 7.75. The molecule has 0 radical (unpaired) electrons. The number of benzene rings is 3. The third kappa shape index (κ3) is 5.40. The summed E-state index contributed by atoms with van der Waals surface area (Å²) in [6.45, 7) is 7.35. The second-order valence-corrected chi connectivity index (χ2v) is 14.4. The molecule has 1 fully saturated rings. The van der Waals surface area contributed by atoms with Crippen LogP contribution in [0.25, 0.3) is 33.5 Å². The third-order valence-corrected chi connectivity index (χ3v) is 11.1. The number of likely N-dealkylation sites (tertiary alicyclic amines) is 1. The summed E-state index contributed by atoms with van der Waals surface area (Å²) in [6, 6.07) is 18.8. The maximum atomic E-state index is 14.0. The van der Waals surface area contributed by atoms with Crippen molar-refractivity contribution in [2.75, 3.05) is 33.7 Å². The molecule has 10 heteroatoms. The molecule has 4 heterocycles. The van der Waals surface area contributed by atoms with Gasteiger partial charge >= 0.3 is 0 Å². The van der Waals surface area contributed by atoms with Crippen LogP contribution in [0.3, 0.4) is 0 Å². The summed E-state index contributed by atoms with van der Waals surface area (Å²) in [5.41, 5.74) is 9.21. The summed E-state index contributed by atoms with van der Waals surface area (Å²) in [5.74, 6) is -0.0100. The fraction of sp³-hybridized carbons (Fsp3) is 0.306. The lowest BCUT2D eigenvalue weighted by molar-refractivity contribution is 0.0789. The average molecular weight is 635 g/mol. The summed E-state index contributed by atoms with van der Waals surface area (Å²) < 4.78 is 29.2. The fourth-order valence-electron chi connectivity index (χ4n) is 6.69. The van der Waals surface area contributed by atoms with Crippen LogP contribution in [0, 0.1) is 13.8 Å². The van der Waals surface area contributed by atoms with E-state index in [1.165, 1.54) is 20.7 Å². The molecule has 0 spiro atoms. The zero-order valence-electron chi connectivity index (χ0n) is 26.6. The van der Waals surface area contributed by atoms with Crippen LogP contribution >= 0.6 is 0 Å². The third-order valence-electron chi connectivity index (χ3n) is 9.41. The second-order valence-electron chi connectivity index (χ2n) is 12.6. The first-order chi connectivity index (χ1) is 22.1.